The fraction of sp³-hybridized carbons (Fsp3) is 0.444. The SMILES string of the molecule is Cc1ccc(CN2CCCn3nc([C@H](O)c4ccnn4C)cc3C2)o1. The van der Waals surface area contributed by atoms with E-state index < -0.39 is 6.10 Å². The van der Waals surface area contributed by atoms with E-state index in [4.69, 9.17) is 4.42 Å². The van der Waals surface area contributed by atoms with Gasteiger partial charge in [0.1, 0.15) is 17.6 Å². The molecule has 4 heterocycles. The molecule has 0 bridgehead atoms. The Morgan fingerprint density at radius 3 is 2.88 bits per heavy atom. The molecule has 1 atom stereocenters. The van der Waals surface area contributed by atoms with Gasteiger partial charge in [-0.1, -0.05) is 0 Å². The van der Waals surface area contributed by atoms with E-state index in [0.29, 0.717) is 5.69 Å². The molecular weight excluding hydrogens is 318 g/mol. The van der Waals surface area contributed by atoms with Crippen molar-refractivity contribution in [3.05, 3.63) is 59.1 Å². The number of hydrogen-bond acceptors (Lipinski definition) is 5. The predicted octanol–water partition coefficient (Wildman–Crippen LogP) is 2.01. The number of rotatable bonds is 4. The monoisotopic (exact) mass is 341 g/mol. The average molecular weight is 341 g/mol. The molecule has 0 saturated carbocycles. The van der Waals surface area contributed by atoms with Gasteiger partial charge in [-0.25, -0.2) is 0 Å². The highest BCUT2D eigenvalue weighted by Gasteiger charge is 2.22. The van der Waals surface area contributed by atoms with Crippen molar-refractivity contribution >= 4 is 0 Å². The maximum atomic E-state index is 10.6. The highest BCUT2D eigenvalue weighted by atomic mass is 16.3. The van der Waals surface area contributed by atoms with Gasteiger partial charge in [0.15, 0.2) is 0 Å². The lowest BCUT2D eigenvalue weighted by molar-refractivity contribution is 0.203. The summed E-state index contributed by atoms with van der Waals surface area (Å²) in [6.07, 6.45) is 1.95. The second kappa shape index (κ2) is 6.50. The molecule has 4 rings (SSSR count). The molecule has 3 aromatic rings. The summed E-state index contributed by atoms with van der Waals surface area (Å²) in [6.45, 7) is 5.42. The molecule has 0 spiro atoms. The van der Waals surface area contributed by atoms with Crippen LogP contribution in [0.25, 0.3) is 0 Å². The molecule has 0 aromatic carbocycles. The molecule has 1 aliphatic heterocycles. The van der Waals surface area contributed by atoms with Crippen LogP contribution >= 0.6 is 0 Å². The Labute approximate surface area is 146 Å². The van der Waals surface area contributed by atoms with E-state index in [-0.39, 0.29) is 0 Å². The van der Waals surface area contributed by atoms with Gasteiger partial charge in [-0.15, -0.1) is 0 Å². The Bertz CT molecular complexity index is 863. The number of fused-ring (bicyclic) bond motifs is 1. The first-order valence-electron chi connectivity index (χ1n) is 8.60. The zero-order valence-electron chi connectivity index (χ0n) is 14.6. The number of aliphatic hydroxyl groups excluding tert-OH is 1. The minimum atomic E-state index is -0.756. The topological polar surface area (TPSA) is 72.2 Å². The van der Waals surface area contributed by atoms with Crippen LogP contribution in [0.1, 0.15) is 41.1 Å². The molecule has 3 aromatic heterocycles. The molecular formula is C18H23N5O2. The summed E-state index contributed by atoms with van der Waals surface area (Å²) in [4.78, 5) is 2.36. The van der Waals surface area contributed by atoms with Gasteiger partial charge in [0.25, 0.3) is 0 Å². The van der Waals surface area contributed by atoms with E-state index >= 15 is 0 Å². The molecule has 0 unspecified atom stereocenters. The van der Waals surface area contributed by atoms with Crippen molar-refractivity contribution in [2.24, 2.45) is 7.05 Å². The first kappa shape index (κ1) is 16.1. The number of aromatic nitrogens is 4. The van der Waals surface area contributed by atoms with E-state index in [1.54, 1.807) is 10.9 Å². The van der Waals surface area contributed by atoms with Gasteiger partial charge >= 0.3 is 0 Å². The fourth-order valence-electron chi connectivity index (χ4n) is 3.41. The first-order chi connectivity index (χ1) is 12.1. The lowest BCUT2D eigenvalue weighted by Gasteiger charge is -2.17. The predicted molar refractivity (Wildman–Crippen MR) is 91.7 cm³/mol. The maximum Gasteiger partial charge on any atom is 0.139 e. The number of nitrogens with zero attached hydrogens (tertiary/aromatic N) is 5. The molecule has 0 radical (unpaired) electrons. The number of aryl methyl sites for hydroxylation is 3. The molecule has 0 saturated heterocycles. The Kier molecular flexibility index (Phi) is 4.19. The zero-order valence-corrected chi connectivity index (χ0v) is 14.6. The summed E-state index contributed by atoms with van der Waals surface area (Å²) >= 11 is 0. The normalized spacial score (nSPS) is 16.6. The summed E-state index contributed by atoms with van der Waals surface area (Å²) in [5.74, 6) is 1.93. The summed E-state index contributed by atoms with van der Waals surface area (Å²) in [5.41, 5.74) is 2.54. The molecule has 7 heteroatoms. The van der Waals surface area contributed by atoms with Crippen molar-refractivity contribution in [3.8, 4) is 0 Å². The Balaban J connectivity index is 1.53. The van der Waals surface area contributed by atoms with Gasteiger partial charge in [0, 0.05) is 32.9 Å². The molecule has 7 nitrogen and oxygen atoms in total. The van der Waals surface area contributed by atoms with E-state index in [0.717, 1.165) is 55.5 Å². The molecule has 0 aliphatic carbocycles. The second-order valence-corrected chi connectivity index (χ2v) is 6.64. The van der Waals surface area contributed by atoms with Crippen LogP contribution in [-0.4, -0.2) is 36.1 Å². The van der Waals surface area contributed by atoms with Gasteiger partial charge in [-0.3, -0.25) is 14.3 Å². The molecule has 1 N–H and O–H groups in total. The van der Waals surface area contributed by atoms with Crippen LogP contribution in [0.4, 0.5) is 0 Å². The standard InChI is InChI=1S/C18H23N5O2/c1-13-4-5-15(25-13)12-22-8-3-9-23-14(11-22)10-16(20-23)18(24)17-6-7-19-21(17)2/h4-7,10,18,24H,3,8-9,11-12H2,1-2H3/t18-/m0/s1. The first-order valence-corrected chi connectivity index (χ1v) is 8.60. The van der Waals surface area contributed by atoms with Gasteiger partial charge < -0.3 is 9.52 Å². The maximum absolute atomic E-state index is 10.6. The molecule has 132 valence electrons. The quantitative estimate of drug-likeness (QED) is 0.786. The largest absolute Gasteiger partial charge is 0.465 e. The average Bonchev–Trinajstić information content (AvgIpc) is 3.26. The van der Waals surface area contributed by atoms with Crippen molar-refractivity contribution < 1.29 is 9.52 Å². The van der Waals surface area contributed by atoms with Crippen molar-refractivity contribution in [2.45, 2.75) is 39.1 Å². The van der Waals surface area contributed by atoms with Crippen molar-refractivity contribution in [1.29, 1.82) is 0 Å². The lowest BCUT2D eigenvalue weighted by Crippen LogP contribution is -2.22. The molecule has 0 amide bonds. The van der Waals surface area contributed by atoms with Gasteiger partial charge in [0.2, 0.25) is 0 Å². The van der Waals surface area contributed by atoms with Crippen LogP contribution in [0, 0.1) is 6.92 Å². The summed E-state index contributed by atoms with van der Waals surface area (Å²) in [5, 5.41) is 19.4. The van der Waals surface area contributed by atoms with E-state index in [2.05, 4.69) is 15.1 Å². The molecule has 0 fully saturated rings. The van der Waals surface area contributed by atoms with Gasteiger partial charge in [-0.2, -0.15) is 10.2 Å². The number of hydrogen-bond donors (Lipinski definition) is 1. The van der Waals surface area contributed by atoms with Crippen LogP contribution < -0.4 is 0 Å². The smallest absolute Gasteiger partial charge is 0.139 e. The third-order valence-corrected chi connectivity index (χ3v) is 4.71. The summed E-state index contributed by atoms with van der Waals surface area (Å²) in [6, 6.07) is 7.86. The van der Waals surface area contributed by atoms with Gasteiger partial charge in [0.05, 0.1) is 23.6 Å². The summed E-state index contributed by atoms with van der Waals surface area (Å²) in [7, 11) is 1.83. The lowest BCUT2D eigenvalue weighted by atomic mass is 10.2. The highest BCUT2D eigenvalue weighted by Crippen LogP contribution is 2.24. The van der Waals surface area contributed by atoms with Crippen molar-refractivity contribution in [3.63, 3.8) is 0 Å². The number of aliphatic hydroxyl groups is 1. The highest BCUT2D eigenvalue weighted by molar-refractivity contribution is 5.21. The van der Waals surface area contributed by atoms with Crippen LogP contribution in [0.5, 0.6) is 0 Å². The van der Waals surface area contributed by atoms with Crippen molar-refractivity contribution in [2.75, 3.05) is 6.54 Å². The second-order valence-electron chi connectivity index (χ2n) is 6.64. The third kappa shape index (κ3) is 3.25. The van der Waals surface area contributed by atoms with Crippen LogP contribution in [-0.2, 0) is 26.7 Å². The Morgan fingerprint density at radius 1 is 1.28 bits per heavy atom. The van der Waals surface area contributed by atoms with Crippen LogP contribution in [0.2, 0.25) is 0 Å². The fourth-order valence-corrected chi connectivity index (χ4v) is 3.41. The molecule has 1 aliphatic rings. The van der Waals surface area contributed by atoms with Crippen molar-refractivity contribution in [1.82, 2.24) is 24.5 Å². The minimum Gasteiger partial charge on any atom is -0.465 e. The van der Waals surface area contributed by atoms with Gasteiger partial charge in [-0.05, 0) is 37.6 Å². The Morgan fingerprint density at radius 2 is 2.16 bits per heavy atom. The van der Waals surface area contributed by atoms with E-state index in [1.807, 2.05) is 42.9 Å². The third-order valence-electron chi connectivity index (χ3n) is 4.71. The van der Waals surface area contributed by atoms with E-state index in [9.17, 15) is 5.11 Å². The van der Waals surface area contributed by atoms with Crippen LogP contribution in [0.15, 0.2) is 34.9 Å². The minimum absolute atomic E-state index is 0.675. The van der Waals surface area contributed by atoms with E-state index in [1.165, 1.54) is 0 Å². The zero-order chi connectivity index (χ0) is 17.4. The van der Waals surface area contributed by atoms with Crippen LogP contribution in [0.3, 0.4) is 0 Å². The number of furan rings is 1. The molecule has 25 heavy (non-hydrogen) atoms. The summed E-state index contributed by atoms with van der Waals surface area (Å²) < 4.78 is 9.40. The Hall–Kier alpha value is -2.38.